The molecule has 21 heavy (non-hydrogen) atoms. The summed E-state index contributed by atoms with van der Waals surface area (Å²) in [6.45, 7) is 1.60. The van der Waals surface area contributed by atoms with Gasteiger partial charge in [-0.05, 0) is 12.5 Å². The summed E-state index contributed by atoms with van der Waals surface area (Å²) in [6, 6.07) is 1.37. The first-order valence-electron chi connectivity index (χ1n) is 5.95. The number of hydrogen-bond acceptors (Lipinski definition) is 7. The Morgan fingerprint density at radius 1 is 1.38 bits per heavy atom. The Morgan fingerprint density at radius 2 is 2.19 bits per heavy atom. The molecule has 0 atom stereocenters. The quantitative estimate of drug-likeness (QED) is 0.800. The highest BCUT2D eigenvalue weighted by atomic mass is 32.2. The third kappa shape index (κ3) is 3.98. The molecular weight excluding hydrogens is 312 g/mol. The first-order valence-corrected chi connectivity index (χ1v) is 8.25. The third-order valence-electron chi connectivity index (χ3n) is 2.33. The molecule has 0 amide bonds. The minimum absolute atomic E-state index is 0.0273. The fourth-order valence-corrected chi connectivity index (χ4v) is 3.28. The summed E-state index contributed by atoms with van der Waals surface area (Å²) in [5, 5.41) is 17.2. The van der Waals surface area contributed by atoms with Crippen molar-refractivity contribution in [2.45, 2.75) is 18.2 Å². The Morgan fingerprint density at radius 3 is 2.86 bits per heavy atom. The van der Waals surface area contributed by atoms with E-state index in [1.54, 1.807) is 0 Å². The van der Waals surface area contributed by atoms with Crippen LogP contribution in [0.2, 0.25) is 0 Å². The van der Waals surface area contributed by atoms with Crippen molar-refractivity contribution in [3.8, 4) is 11.8 Å². The van der Waals surface area contributed by atoms with E-state index in [1.807, 2.05) is 6.92 Å². The maximum Gasteiger partial charge on any atom is 0.265 e. The lowest BCUT2D eigenvalue weighted by Crippen LogP contribution is -2.13. The Kier molecular flexibility index (Phi) is 4.85. The van der Waals surface area contributed by atoms with Gasteiger partial charge in [0.15, 0.2) is 0 Å². The van der Waals surface area contributed by atoms with E-state index in [9.17, 15) is 8.42 Å². The predicted octanol–water partition coefficient (Wildman–Crippen LogP) is 0.640. The van der Waals surface area contributed by atoms with Gasteiger partial charge in [0, 0.05) is 18.0 Å². The van der Waals surface area contributed by atoms with Gasteiger partial charge in [0.1, 0.15) is 16.5 Å². The number of aryl methyl sites for hydroxylation is 1. The van der Waals surface area contributed by atoms with Crippen LogP contribution in [0.3, 0.4) is 0 Å². The summed E-state index contributed by atoms with van der Waals surface area (Å²) in [4.78, 5) is 3.80. The SMILES string of the molecule is CCc1nnc(NS(=O)(=O)c2cncc(C#CCO)c2)s1. The molecule has 0 fully saturated rings. The molecule has 2 aromatic heterocycles. The van der Waals surface area contributed by atoms with E-state index in [2.05, 4.69) is 31.7 Å². The van der Waals surface area contributed by atoms with Crippen LogP contribution in [-0.2, 0) is 16.4 Å². The van der Waals surface area contributed by atoms with E-state index in [0.29, 0.717) is 12.0 Å². The molecule has 0 aromatic carbocycles. The van der Waals surface area contributed by atoms with E-state index in [-0.39, 0.29) is 16.6 Å². The van der Waals surface area contributed by atoms with Crippen LogP contribution in [0.4, 0.5) is 5.13 Å². The monoisotopic (exact) mass is 324 g/mol. The van der Waals surface area contributed by atoms with Crippen LogP contribution in [0.1, 0.15) is 17.5 Å². The van der Waals surface area contributed by atoms with Crippen molar-refractivity contribution in [2.75, 3.05) is 11.3 Å². The minimum atomic E-state index is -3.79. The zero-order valence-electron chi connectivity index (χ0n) is 11.1. The van der Waals surface area contributed by atoms with Gasteiger partial charge in [0.25, 0.3) is 10.0 Å². The lowest BCUT2D eigenvalue weighted by atomic mass is 10.3. The molecule has 2 heterocycles. The molecule has 0 saturated heterocycles. The second-order valence-corrected chi connectivity index (χ2v) is 6.57. The molecule has 0 spiro atoms. The highest BCUT2D eigenvalue weighted by Crippen LogP contribution is 2.20. The number of aromatic nitrogens is 3. The lowest BCUT2D eigenvalue weighted by molar-refractivity contribution is 0.350. The maximum absolute atomic E-state index is 12.2. The molecule has 0 unspecified atom stereocenters. The van der Waals surface area contributed by atoms with E-state index in [0.717, 1.165) is 5.01 Å². The molecule has 2 aromatic rings. The Balaban J connectivity index is 2.26. The standard InChI is InChI=1S/C12H12N4O3S2/c1-2-11-14-15-12(20-11)16-21(18,19)10-6-9(4-3-5-17)7-13-8-10/h6-8,17H,2,5H2,1H3,(H,15,16). The molecule has 0 saturated carbocycles. The first kappa shape index (κ1) is 15.4. The molecule has 7 nitrogen and oxygen atoms in total. The minimum Gasteiger partial charge on any atom is -0.384 e. The van der Waals surface area contributed by atoms with Gasteiger partial charge in [-0.25, -0.2) is 8.42 Å². The van der Waals surface area contributed by atoms with Crippen molar-refractivity contribution < 1.29 is 13.5 Å². The lowest BCUT2D eigenvalue weighted by Gasteiger charge is -2.04. The summed E-state index contributed by atoms with van der Waals surface area (Å²) in [6.07, 6.45) is 3.32. The van der Waals surface area contributed by atoms with Crippen LogP contribution in [-0.4, -0.2) is 35.3 Å². The highest BCUT2D eigenvalue weighted by Gasteiger charge is 2.17. The molecule has 0 aliphatic heterocycles. The number of sulfonamides is 1. The van der Waals surface area contributed by atoms with Gasteiger partial charge in [-0.3, -0.25) is 9.71 Å². The smallest absolute Gasteiger partial charge is 0.265 e. The normalized spacial score (nSPS) is 10.8. The average Bonchev–Trinajstić information content (AvgIpc) is 2.92. The Bertz CT molecular complexity index is 790. The number of anilines is 1. The first-order chi connectivity index (χ1) is 10.0. The van der Waals surface area contributed by atoms with Gasteiger partial charge < -0.3 is 5.11 Å². The number of hydrogen-bond donors (Lipinski definition) is 2. The number of nitrogens with one attached hydrogen (secondary N) is 1. The molecule has 0 bridgehead atoms. The zero-order chi connectivity index (χ0) is 15.3. The number of aliphatic hydroxyl groups excluding tert-OH is 1. The van der Waals surface area contributed by atoms with E-state index in [1.165, 1.54) is 29.8 Å². The molecule has 0 aliphatic rings. The van der Waals surface area contributed by atoms with Gasteiger partial charge in [0.05, 0.1) is 0 Å². The van der Waals surface area contributed by atoms with Gasteiger partial charge in [-0.15, -0.1) is 10.2 Å². The van der Waals surface area contributed by atoms with E-state index >= 15 is 0 Å². The van der Waals surface area contributed by atoms with Gasteiger partial charge in [0.2, 0.25) is 5.13 Å². The average molecular weight is 324 g/mol. The van der Waals surface area contributed by atoms with E-state index in [4.69, 9.17) is 5.11 Å². The second kappa shape index (κ2) is 6.62. The maximum atomic E-state index is 12.2. The zero-order valence-corrected chi connectivity index (χ0v) is 12.7. The van der Waals surface area contributed by atoms with Crippen LogP contribution >= 0.6 is 11.3 Å². The topological polar surface area (TPSA) is 105 Å². The predicted molar refractivity (Wildman–Crippen MR) is 78.3 cm³/mol. The number of nitrogens with zero attached hydrogens (tertiary/aromatic N) is 3. The van der Waals surface area contributed by atoms with Crippen LogP contribution in [0.5, 0.6) is 0 Å². The third-order valence-corrected chi connectivity index (χ3v) is 4.74. The van der Waals surface area contributed by atoms with Crippen molar-refractivity contribution in [3.05, 3.63) is 29.0 Å². The van der Waals surface area contributed by atoms with Crippen molar-refractivity contribution in [3.63, 3.8) is 0 Å². The molecular formula is C12H12N4O3S2. The summed E-state index contributed by atoms with van der Waals surface area (Å²) in [5.74, 6) is 5.04. The highest BCUT2D eigenvalue weighted by molar-refractivity contribution is 7.93. The number of pyridine rings is 1. The van der Waals surface area contributed by atoms with Crippen LogP contribution < -0.4 is 4.72 Å². The van der Waals surface area contributed by atoms with Crippen molar-refractivity contribution >= 4 is 26.5 Å². The molecule has 0 radical (unpaired) electrons. The summed E-state index contributed by atoms with van der Waals surface area (Å²) in [5.41, 5.74) is 0.401. The number of rotatable bonds is 4. The fourth-order valence-electron chi connectivity index (χ4n) is 1.39. The van der Waals surface area contributed by atoms with Crippen LogP contribution in [0.25, 0.3) is 0 Å². The Hall–Kier alpha value is -2.02. The molecule has 0 aliphatic carbocycles. The second-order valence-electron chi connectivity index (χ2n) is 3.83. The van der Waals surface area contributed by atoms with E-state index < -0.39 is 10.0 Å². The summed E-state index contributed by atoms with van der Waals surface area (Å²) >= 11 is 1.18. The van der Waals surface area contributed by atoms with Gasteiger partial charge in [-0.2, -0.15) is 0 Å². The van der Waals surface area contributed by atoms with Crippen molar-refractivity contribution in [1.29, 1.82) is 0 Å². The van der Waals surface area contributed by atoms with Crippen LogP contribution in [0, 0.1) is 11.8 Å². The fraction of sp³-hybridized carbons (Fsp3) is 0.250. The van der Waals surface area contributed by atoms with Crippen molar-refractivity contribution in [2.24, 2.45) is 0 Å². The molecule has 2 rings (SSSR count). The summed E-state index contributed by atoms with van der Waals surface area (Å²) < 4.78 is 26.8. The Labute approximate surface area is 126 Å². The molecule has 9 heteroatoms. The van der Waals surface area contributed by atoms with Gasteiger partial charge in [-0.1, -0.05) is 30.1 Å². The molecule has 110 valence electrons. The number of aliphatic hydroxyl groups is 1. The molecule has 2 N–H and O–H groups in total. The van der Waals surface area contributed by atoms with Crippen molar-refractivity contribution in [1.82, 2.24) is 15.2 Å². The largest absolute Gasteiger partial charge is 0.384 e. The summed E-state index contributed by atoms with van der Waals surface area (Å²) in [7, 11) is -3.79. The van der Waals surface area contributed by atoms with Crippen LogP contribution in [0.15, 0.2) is 23.4 Å². The van der Waals surface area contributed by atoms with Gasteiger partial charge >= 0.3 is 0 Å².